The van der Waals surface area contributed by atoms with Crippen molar-refractivity contribution >= 4 is 10.0 Å². The van der Waals surface area contributed by atoms with Gasteiger partial charge < -0.3 is 0 Å². The third kappa shape index (κ3) is 4.05. The highest BCUT2D eigenvalue weighted by atomic mass is 32.2. The Kier molecular flexibility index (Phi) is 4.99. The van der Waals surface area contributed by atoms with E-state index in [4.69, 9.17) is 0 Å². The van der Waals surface area contributed by atoms with Gasteiger partial charge in [0.25, 0.3) is 0 Å². The van der Waals surface area contributed by atoms with Gasteiger partial charge in [-0.2, -0.15) is 0 Å². The minimum absolute atomic E-state index is 0.153. The van der Waals surface area contributed by atoms with E-state index < -0.39 is 10.0 Å². The largest absolute Gasteiger partial charge is 0.215 e. The molecule has 0 bridgehead atoms. The number of hydrogen-bond donors (Lipinski definition) is 1. The van der Waals surface area contributed by atoms with E-state index in [-0.39, 0.29) is 5.25 Å². The molecule has 1 fully saturated rings. The first-order valence-electron chi connectivity index (χ1n) is 7.13. The monoisotopic (exact) mass is 281 g/mol. The fraction of sp³-hybridized carbons (Fsp3) is 0.600. The summed E-state index contributed by atoms with van der Waals surface area (Å²) in [7, 11) is -3.09. The van der Waals surface area contributed by atoms with Crippen LogP contribution in [0.3, 0.4) is 0 Å². The van der Waals surface area contributed by atoms with Crippen molar-refractivity contribution in [3.63, 3.8) is 0 Å². The van der Waals surface area contributed by atoms with Crippen LogP contribution in [0.2, 0.25) is 0 Å². The lowest BCUT2D eigenvalue weighted by Crippen LogP contribution is -2.33. The lowest BCUT2D eigenvalue weighted by molar-refractivity contribution is 0.557. The van der Waals surface area contributed by atoms with E-state index in [0.717, 1.165) is 32.1 Å². The van der Waals surface area contributed by atoms with Gasteiger partial charge in [0.1, 0.15) is 0 Å². The first kappa shape index (κ1) is 14.5. The molecule has 0 saturated heterocycles. The molecule has 1 atom stereocenters. The molecular weight excluding hydrogens is 258 g/mol. The molecule has 106 valence electrons. The molecule has 1 aromatic rings. The normalized spacial score (nSPS) is 18.6. The van der Waals surface area contributed by atoms with Gasteiger partial charge in [-0.05, 0) is 30.7 Å². The maximum atomic E-state index is 12.0. The zero-order chi connectivity index (χ0) is 13.7. The quantitative estimate of drug-likeness (QED) is 0.871. The van der Waals surface area contributed by atoms with E-state index in [1.54, 1.807) is 0 Å². The Balaban J connectivity index is 1.80. The predicted molar refractivity (Wildman–Crippen MR) is 78.7 cm³/mol. The summed E-state index contributed by atoms with van der Waals surface area (Å²) in [4.78, 5) is 0. The number of rotatable bonds is 6. The average molecular weight is 281 g/mol. The van der Waals surface area contributed by atoms with Gasteiger partial charge in [-0.25, -0.2) is 13.1 Å². The van der Waals surface area contributed by atoms with Gasteiger partial charge in [-0.15, -0.1) is 0 Å². The summed E-state index contributed by atoms with van der Waals surface area (Å²) in [5.74, 6) is 0.382. The van der Waals surface area contributed by atoms with Gasteiger partial charge in [-0.1, -0.05) is 50.1 Å². The van der Waals surface area contributed by atoms with Gasteiger partial charge in [0, 0.05) is 6.54 Å². The highest BCUT2D eigenvalue weighted by molar-refractivity contribution is 7.90. The van der Waals surface area contributed by atoms with Crippen molar-refractivity contribution in [2.75, 3.05) is 6.54 Å². The Morgan fingerprint density at radius 3 is 2.47 bits per heavy atom. The summed E-state index contributed by atoms with van der Waals surface area (Å²) in [5.41, 5.74) is 1.27. The molecule has 1 aliphatic carbocycles. The Hall–Kier alpha value is -0.870. The lowest BCUT2D eigenvalue weighted by Gasteiger charge is -2.15. The van der Waals surface area contributed by atoms with Crippen LogP contribution in [0.25, 0.3) is 0 Å². The van der Waals surface area contributed by atoms with Gasteiger partial charge >= 0.3 is 0 Å². The van der Waals surface area contributed by atoms with Crippen molar-refractivity contribution in [2.24, 2.45) is 0 Å². The zero-order valence-corrected chi connectivity index (χ0v) is 12.3. The predicted octanol–water partition coefficient (Wildman–Crippen LogP) is 3.04. The summed E-state index contributed by atoms with van der Waals surface area (Å²) in [6.45, 7) is 2.67. The van der Waals surface area contributed by atoms with E-state index in [1.807, 2.05) is 18.2 Å². The van der Waals surface area contributed by atoms with Crippen LogP contribution in [0, 0.1) is 0 Å². The number of hydrogen-bond acceptors (Lipinski definition) is 2. The second-order valence-electron chi connectivity index (χ2n) is 5.45. The van der Waals surface area contributed by atoms with Crippen molar-refractivity contribution < 1.29 is 8.42 Å². The van der Waals surface area contributed by atoms with E-state index in [1.165, 1.54) is 5.56 Å². The number of nitrogens with one attached hydrogen (secondary N) is 1. The standard InChI is InChI=1S/C15H23NO2S/c1-13(14-7-3-2-4-8-14)11-12-16-19(17,18)15-9-5-6-10-15/h2-4,7-8,13,15-16H,5-6,9-12H2,1H3. The number of benzene rings is 1. The summed E-state index contributed by atoms with van der Waals surface area (Å²) in [6.07, 6.45) is 4.58. The van der Waals surface area contributed by atoms with Crippen molar-refractivity contribution in [3.8, 4) is 0 Å². The molecule has 0 amide bonds. The van der Waals surface area contributed by atoms with Crippen LogP contribution in [0.5, 0.6) is 0 Å². The first-order valence-corrected chi connectivity index (χ1v) is 8.67. The van der Waals surface area contributed by atoms with Crippen molar-refractivity contribution in [1.29, 1.82) is 0 Å². The molecule has 1 unspecified atom stereocenters. The van der Waals surface area contributed by atoms with Crippen LogP contribution in [-0.2, 0) is 10.0 Å². The first-order chi connectivity index (χ1) is 9.09. The second kappa shape index (κ2) is 6.53. The fourth-order valence-electron chi connectivity index (χ4n) is 2.68. The molecule has 4 heteroatoms. The van der Waals surface area contributed by atoms with Crippen molar-refractivity contribution in [3.05, 3.63) is 35.9 Å². The molecule has 1 N–H and O–H groups in total. The SMILES string of the molecule is CC(CCNS(=O)(=O)C1CCCC1)c1ccccc1. The molecule has 2 rings (SSSR count). The Morgan fingerprint density at radius 1 is 1.21 bits per heavy atom. The Morgan fingerprint density at radius 2 is 1.84 bits per heavy atom. The van der Waals surface area contributed by atoms with Crippen molar-refractivity contribution in [1.82, 2.24) is 4.72 Å². The summed E-state index contributed by atoms with van der Waals surface area (Å²) in [5, 5.41) is -0.153. The van der Waals surface area contributed by atoms with Crippen LogP contribution in [-0.4, -0.2) is 20.2 Å². The van der Waals surface area contributed by atoms with E-state index in [2.05, 4.69) is 23.8 Å². The Bertz CT molecular complexity index is 478. The maximum Gasteiger partial charge on any atom is 0.214 e. The zero-order valence-electron chi connectivity index (χ0n) is 11.5. The minimum Gasteiger partial charge on any atom is -0.215 e. The molecule has 0 heterocycles. The maximum absolute atomic E-state index is 12.0. The molecule has 1 aliphatic rings. The van der Waals surface area contributed by atoms with Gasteiger partial charge in [0.05, 0.1) is 5.25 Å². The van der Waals surface area contributed by atoms with E-state index >= 15 is 0 Å². The summed E-state index contributed by atoms with van der Waals surface area (Å²) in [6, 6.07) is 10.2. The highest BCUT2D eigenvalue weighted by Gasteiger charge is 2.28. The molecule has 3 nitrogen and oxygen atoms in total. The summed E-state index contributed by atoms with van der Waals surface area (Å²) < 4.78 is 26.9. The molecule has 0 aliphatic heterocycles. The molecule has 0 spiro atoms. The van der Waals surface area contributed by atoms with Crippen LogP contribution in [0.4, 0.5) is 0 Å². The average Bonchev–Trinajstić information content (AvgIpc) is 2.94. The highest BCUT2D eigenvalue weighted by Crippen LogP contribution is 2.24. The third-order valence-corrected chi connectivity index (χ3v) is 5.95. The third-order valence-electron chi connectivity index (χ3n) is 3.99. The smallest absolute Gasteiger partial charge is 0.214 e. The van der Waals surface area contributed by atoms with E-state index in [0.29, 0.717) is 12.5 Å². The van der Waals surface area contributed by atoms with Gasteiger partial charge in [0.15, 0.2) is 0 Å². The van der Waals surface area contributed by atoms with Crippen LogP contribution >= 0.6 is 0 Å². The topological polar surface area (TPSA) is 46.2 Å². The van der Waals surface area contributed by atoms with E-state index in [9.17, 15) is 8.42 Å². The van der Waals surface area contributed by atoms with Crippen LogP contribution in [0.15, 0.2) is 30.3 Å². The van der Waals surface area contributed by atoms with Crippen LogP contribution in [0.1, 0.15) is 50.5 Å². The molecule has 0 aromatic heterocycles. The van der Waals surface area contributed by atoms with Crippen molar-refractivity contribution in [2.45, 2.75) is 50.2 Å². The van der Waals surface area contributed by atoms with Crippen LogP contribution < -0.4 is 4.72 Å². The molecule has 1 aromatic carbocycles. The summed E-state index contributed by atoms with van der Waals surface area (Å²) >= 11 is 0. The molecular formula is C15H23NO2S. The Labute approximate surface area is 116 Å². The lowest BCUT2D eigenvalue weighted by atomic mass is 9.98. The second-order valence-corrected chi connectivity index (χ2v) is 7.49. The molecule has 0 radical (unpaired) electrons. The van der Waals surface area contributed by atoms with Gasteiger partial charge in [0.2, 0.25) is 10.0 Å². The number of sulfonamides is 1. The van der Waals surface area contributed by atoms with Gasteiger partial charge in [-0.3, -0.25) is 0 Å². The minimum atomic E-state index is -3.09. The molecule has 1 saturated carbocycles. The molecule has 19 heavy (non-hydrogen) atoms. The fourth-order valence-corrected chi connectivity index (χ4v) is 4.27.